The first-order chi connectivity index (χ1) is 8.81. The van der Waals surface area contributed by atoms with Crippen LogP contribution in [0.2, 0.25) is 0 Å². The Kier molecular flexibility index (Phi) is 3.92. The van der Waals surface area contributed by atoms with Crippen molar-refractivity contribution in [2.45, 2.75) is 46.2 Å². The van der Waals surface area contributed by atoms with Crippen molar-refractivity contribution in [1.29, 1.82) is 0 Å². The lowest BCUT2D eigenvalue weighted by Crippen LogP contribution is -2.35. The van der Waals surface area contributed by atoms with E-state index in [9.17, 15) is 8.78 Å². The first kappa shape index (κ1) is 14.4. The number of rotatable bonds is 3. The molecule has 0 unspecified atom stereocenters. The van der Waals surface area contributed by atoms with E-state index in [2.05, 4.69) is 26.1 Å². The number of nitrogens with one attached hydrogen (secondary N) is 1. The van der Waals surface area contributed by atoms with Gasteiger partial charge in [-0.1, -0.05) is 6.92 Å². The van der Waals surface area contributed by atoms with E-state index in [1.165, 1.54) is 17.4 Å². The fourth-order valence-electron chi connectivity index (χ4n) is 2.10. The van der Waals surface area contributed by atoms with Crippen LogP contribution >= 0.6 is 11.3 Å². The van der Waals surface area contributed by atoms with Crippen molar-refractivity contribution in [3.05, 3.63) is 34.2 Å². The van der Waals surface area contributed by atoms with Gasteiger partial charge < -0.3 is 5.32 Å². The fraction of sp³-hybridized carbons (Fsp3) is 0.467. The standard InChI is InChI=1S/C15H19F2NS/c1-5-10-11-6-9(16)7-12(17)14(11)19-13(10)8-18-15(2,3)4/h6-7,18H,5,8H2,1-4H3. The van der Waals surface area contributed by atoms with Gasteiger partial charge in [0.1, 0.15) is 11.6 Å². The Hall–Kier alpha value is -1.00. The second-order valence-electron chi connectivity index (χ2n) is 5.73. The number of aryl methyl sites for hydroxylation is 1. The minimum atomic E-state index is -0.507. The topological polar surface area (TPSA) is 12.0 Å². The van der Waals surface area contributed by atoms with Crippen LogP contribution in [-0.4, -0.2) is 5.54 Å². The molecular formula is C15H19F2NS. The van der Waals surface area contributed by atoms with Crippen molar-refractivity contribution in [2.75, 3.05) is 0 Å². The zero-order valence-electron chi connectivity index (χ0n) is 11.7. The molecule has 2 aromatic rings. The van der Waals surface area contributed by atoms with Gasteiger partial charge in [0.2, 0.25) is 0 Å². The van der Waals surface area contributed by atoms with Gasteiger partial charge in [-0.25, -0.2) is 8.78 Å². The van der Waals surface area contributed by atoms with Crippen LogP contribution in [0.3, 0.4) is 0 Å². The largest absolute Gasteiger partial charge is 0.307 e. The lowest BCUT2D eigenvalue weighted by molar-refractivity contribution is 0.426. The summed E-state index contributed by atoms with van der Waals surface area (Å²) in [7, 11) is 0. The van der Waals surface area contributed by atoms with E-state index >= 15 is 0 Å². The van der Waals surface area contributed by atoms with Gasteiger partial charge in [-0.15, -0.1) is 11.3 Å². The summed E-state index contributed by atoms with van der Waals surface area (Å²) in [6.45, 7) is 8.97. The van der Waals surface area contributed by atoms with Crippen LogP contribution in [0.25, 0.3) is 10.1 Å². The molecule has 19 heavy (non-hydrogen) atoms. The normalized spacial score (nSPS) is 12.3. The molecule has 0 fully saturated rings. The van der Waals surface area contributed by atoms with Crippen LogP contribution in [0.15, 0.2) is 12.1 Å². The van der Waals surface area contributed by atoms with Gasteiger partial charge in [0.25, 0.3) is 0 Å². The molecule has 2 rings (SSSR count). The molecule has 1 nitrogen and oxygen atoms in total. The lowest BCUT2D eigenvalue weighted by Gasteiger charge is -2.20. The number of hydrogen-bond donors (Lipinski definition) is 1. The van der Waals surface area contributed by atoms with Crippen molar-refractivity contribution in [1.82, 2.24) is 5.32 Å². The Bertz CT molecular complexity index is 596. The van der Waals surface area contributed by atoms with E-state index in [-0.39, 0.29) is 5.54 Å². The predicted molar refractivity (Wildman–Crippen MR) is 77.7 cm³/mol. The highest BCUT2D eigenvalue weighted by Crippen LogP contribution is 2.34. The Morgan fingerprint density at radius 3 is 2.47 bits per heavy atom. The molecule has 1 heterocycles. The molecule has 4 heteroatoms. The van der Waals surface area contributed by atoms with Gasteiger partial charge in [0, 0.05) is 28.4 Å². The van der Waals surface area contributed by atoms with E-state index in [0.717, 1.165) is 28.3 Å². The number of thiophene rings is 1. The van der Waals surface area contributed by atoms with Gasteiger partial charge in [-0.2, -0.15) is 0 Å². The van der Waals surface area contributed by atoms with Gasteiger partial charge in [-0.3, -0.25) is 0 Å². The van der Waals surface area contributed by atoms with Crippen molar-refractivity contribution < 1.29 is 8.78 Å². The number of fused-ring (bicyclic) bond motifs is 1. The molecule has 0 bridgehead atoms. The molecule has 0 aliphatic heterocycles. The molecule has 0 saturated carbocycles. The summed E-state index contributed by atoms with van der Waals surface area (Å²) in [6, 6.07) is 2.40. The van der Waals surface area contributed by atoms with Gasteiger partial charge in [-0.05, 0) is 38.8 Å². The first-order valence-corrected chi connectivity index (χ1v) is 7.28. The van der Waals surface area contributed by atoms with Crippen LogP contribution < -0.4 is 5.32 Å². The van der Waals surface area contributed by atoms with Crippen molar-refractivity contribution >= 4 is 21.4 Å². The first-order valence-electron chi connectivity index (χ1n) is 6.46. The zero-order chi connectivity index (χ0) is 14.2. The minimum absolute atomic E-state index is 0.00494. The molecule has 1 aromatic carbocycles. The molecular weight excluding hydrogens is 264 g/mol. The Labute approximate surface area is 116 Å². The van der Waals surface area contributed by atoms with E-state index in [4.69, 9.17) is 0 Å². The number of halogens is 2. The van der Waals surface area contributed by atoms with E-state index < -0.39 is 11.6 Å². The molecule has 0 aliphatic carbocycles. The summed E-state index contributed by atoms with van der Waals surface area (Å²) in [5.41, 5.74) is 1.06. The highest BCUT2D eigenvalue weighted by molar-refractivity contribution is 7.19. The summed E-state index contributed by atoms with van der Waals surface area (Å²) in [6.07, 6.45) is 0.782. The van der Waals surface area contributed by atoms with Crippen LogP contribution in [0.5, 0.6) is 0 Å². The summed E-state index contributed by atoms with van der Waals surface area (Å²) in [4.78, 5) is 1.09. The van der Waals surface area contributed by atoms with E-state index in [1.807, 2.05) is 6.92 Å². The summed E-state index contributed by atoms with van der Waals surface area (Å²) < 4.78 is 27.7. The zero-order valence-corrected chi connectivity index (χ0v) is 12.5. The van der Waals surface area contributed by atoms with Crippen molar-refractivity contribution in [2.24, 2.45) is 0 Å². The Morgan fingerprint density at radius 1 is 1.21 bits per heavy atom. The van der Waals surface area contributed by atoms with E-state index in [1.54, 1.807) is 0 Å². The molecule has 0 spiro atoms. The predicted octanol–water partition coefficient (Wildman–Crippen LogP) is 4.63. The second-order valence-corrected chi connectivity index (χ2v) is 6.83. The SMILES string of the molecule is CCc1c(CNC(C)(C)C)sc2c(F)cc(F)cc12. The van der Waals surface area contributed by atoms with Crippen LogP contribution in [-0.2, 0) is 13.0 Å². The quantitative estimate of drug-likeness (QED) is 0.866. The fourth-order valence-corrected chi connectivity index (χ4v) is 3.32. The van der Waals surface area contributed by atoms with Gasteiger partial charge >= 0.3 is 0 Å². The smallest absolute Gasteiger partial charge is 0.143 e. The third-order valence-corrected chi connectivity index (χ3v) is 4.28. The lowest BCUT2D eigenvalue weighted by atomic mass is 10.1. The highest BCUT2D eigenvalue weighted by atomic mass is 32.1. The molecule has 0 amide bonds. The maximum absolute atomic E-state index is 13.8. The minimum Gasteiger partial charge on any atom is -0.307 e. The molecule has 0 aliphatic rings. The third kappa shape index (κ3) is 3.12. The highest BCUT2D eigenvalue weighted by Gasteiger charge is 2.17. The van der Waals surface area contributed by atoms with Gasteiger partial charge in [0.15, 0.2) is 0 Å². The molecule has 0 radical (unpaired) electrons. The number of benzene rings is 1. The molecule has 0 atom stereocenters. The van der Waals surface area contributed by atoms with Gasteiger partial charge in [0.05, 0.1) is 4.70 Å². The average molecular weight is 283 g/mol. The molecule has 104 valence electrons. The maximum atomic E-state index is 13.8. The Morgan fingerprint density at radius 2 is 1.89 bits per heavy atom. The second kappa shape index (κ2) is 5.17. The average Bonchev–Trinajstić information content (AvgIpc) is 2.63. The Balaban J connectivity index is 2.47. The number of hydrogen-bond acceptors (Lipinski definition) is 2. The van der Waals surface area contributed by atoms with Crippen LogP contribution in [0.4, 0.5) is 8.78 Å². The molecule has 1 N–H and O–H groups in total. The van der Waals surface area contributed by atoms with Crippen LogP contribution in [0.1, 0.15) is 38.1 Å². The summed E-state index contributed by atoms with van der Waals surface area (Å²) in [5.74, 6) is -0.968. The molecule has 1 aromatic heterocycles. The maximum Gasteiger partial charge on any atom is 0.143 e. The van der Waals surface area contributed by atoms with Crippen molar-refractivity contribution in [3.8, 4) is 0 Å². The van der Waals surface area contributed by atoms with Crippen molar-refractivity contribution in [3.63, 3.8) is 0 Å². The summed E-state index contributed by atoms with van der Waals surface area (Å²) >= 11 is 1.42. The van der Waals surface area contributed by atoms with Crippen LogP contribution in [0, 0.1) is 11.6 Å². The molecule has 0 saturated heterocycles. The third-order valence-electron chi connectivity index (χ3n) is 3.03. The monoisotopic (exact) mass is 283 g/mol. The van der Waals surface area contributed by atoms with E-state index in [0.29, 0.717) is 11.2 Å². The summed E-state index contributed by atoms with van der Waals surface area (Å²) in [5, 5.41) is 4.12.